The van der Waals surface area contributed by atoms with Crippen molar-refractivity contribution in [1.82, 2.24) is 4.98 Å². The summed E-state index contributed by atoms with van der Waals surface area (Å²) >= 11 is 0. The molecule has 3 rings (SSSR count). The Morgan fingerprint density at radius 2 is 1.78 bits per heavy atom. The van der Waals surface area contributed by atoms with Crippen molar-refractivity contribution in [2.75, 3.05) is 10.1 Å². The van der Waals surface area contributed by atoms with Crippen LogP contribution in [0.15, 0.2) is 73.1 Å². The molecule has 0 saturated carbocycles. The van der Waals surface area contributed by atoms with Gasteiger partial charge in [-0.3, -0.25) is 9.29 Å². The van der Waals surface area contributed by atoms with Gasteiger partial charge in [-0.1, -0.05) is 18.2 Å². The van der Waals surface area contributed by atoms with E-state index in [2.05, 4.69) is 4.98 Å². The number of anilines is 1. The van der Waals surface area contributed by atoms with Crippen LogP contribution >= 0.6 is 0 Å². The highest BCUT2D eigenvalue weighted by molar-refractivity contribution is 7.92. The lowest BCUT2D eigenvalue weighted by Gasteiger charge is -2.24. The summed E-state index contributed by atoms with van der Waals surface area (Å²) in [6, 6.07) is 16.1. The van der Waals surface area contributed by atoms with Crippen LogP contribution < -0.4 is 9.04 Å². The minimum Gasteiger partial charge on any atom is -0.457 e. The second-order valence-electron chi connectivity index (χ2n) is 5.83. The fraction of sp³-hybridized carbons (Fsp3) is 0.150. The molecule has 5 nitrogen and oxygen atoms in total. The number of sulfonamides is 1. The first kappa shape index (κ1) is 18.8. The van der Waals surface area contributed by atoms with E-state index in [0.29, 0.717) is 17.2 Å². The minimum atomic E-state index is -3.52. The average Bonchev–Trinajstić information content (AvgIpc) is 2.67. The lowest BCUT2D eigenvalue weighted by Crippen LogP contribution is -2.31. The minimum absolute atomic E-state index is 0.0394. The molecule has 0 fully saturated rings. The molecule has 0 N–H and O–H groups in total. The maximum Gasteiger partial charge on any atom is 0.235 e. The SMILES string of the molecule is CCS(=O)(=O)N(Cc1cccnc1)c1cccc(Oc2cccc(F)c2)c1. The predicted octanol–water partition coefficient (Wildman–Crippen LogP) is 4.37. The third-order valence-electron chi connectivity index (χ3n) is 3.89. The molecular weight excluding hydrogens is 367 g/mol. The standard InChI is InChI=1S/C20H19FN2O3S/c1-2-27(24,25)23(15-16-6-5-11-22-14-16)18-8-4-10-20(13-18)26-19-9-3-7-17(21)12-19/h3-14H,2,15H2,1H3. The second-order valence-corrected chi connectivity index (χ2v) is 8.01. The Morgan fingerprint density at radius 1 is 1.04 bits per heavy atom. The lowest BCUT2D eigenvalue weighted by molar-refractivity contribution is 0.477. The van der Waals surface area contributed by atoms with Gasteiger partial charge < -0.3 is 4.74 Å². The van der Waals surface area contributed by atoms with Crippen LogP contribution in [0.2, 0.25) is 0 Å². The Labute approximate surface area is 158 Å². The molecule has 0 spiro atoms. The van der Waals surface area contributed by atoms with Crippen molar-refractivity contribution in [1.29, 1.82) is 0 Å². The molecule has 0 atom stereocenters. The van der Waals surface area contributed by atoms with E-state index in [1.165, 1.54) is 16.4 Å². The van der Waals surface area contributed by atoms with Crippen molar-refractivity contribution in [3.05, 3.63) is 84.4 Å². The highest BCUT2D eigenvalue weighted by Gasteiger charge is 2.21. The molecule has 1 aromatic heterocycles. The number of nitrogens with zero attached hydrogens (tertiary/aromatic N) is 2. The molecule has 0 aliphatic rings. The maximum absolute atomic E-state index is 13.3. The fourth-order valence-corrected chi connectivity index (χ4v) is 3.62. The van der Waals surface area contributed by atoms with Crippen LogP contribution in [0.25, 0.3) is 0 Å². The number of hydrogen-bond acceptors (Lipinski definition) is 4. The van der Waals surface area contributed by atoms with Crippen molar-refractivity contribution in [2.45, 2.75) is 13.5 Å². The highest BCUT2D eigenvalue weighted by Crippen LogP contribution is 2.29. The van der Waals surface area contributed by atoms with Crippen LogP contribution in [0.5, 0.6) is 11.5 Å². The van der Waals surface area contributed by atoms with Gasteiger partial charge in [0.15, 0.2) is 0 Å². The van der Waals surface area contributed by atoms with Gasteiger partial charge in [0.1, 0.15) is 17.3 Å². The van der Waals surface area contributed by atoms with Crippen LogP contribution in [0.3, 0.4) is 0 Å². The summed E-state index contributed by atoms with van der Waals surface area (Å²) in [7, 11) is -3.52. The molecule has 3 aromatic rings. The Hall–Kier alpha value is -2.93. The van der Waals surface area contributed by atoms with Gasteiger partial charge in [-0.15, -0.1) is 0 Å². The highest BCUT2D eigenvalue weighted by atomic mass is 32.2. The molecule has 0 aliphatic heterocycles. The van der Waals surface area contributed by atoms with Gasteiger partial charge in [-0.05, 0) is 42.8 Å². The molecule has 0 amide bonds. The number of benzene rings is 2. The van der Waals surface area contributed by atoms with Gasteiger partial charge in [0.25, 0.3) is 0 Å². The van der Waals surface area contributed by atoms with Crippen LogP contribution in [0.1, 0.15) is 12.5 Å². The topological polar surface area (TPSA) is 59.5 Å². The molecule has 0 aliphatic carbocycles. The Morgan fingerprint density at radius 3 is 2.44 bits per heavy atom. The molecule has 1 heterocycles. The summed E-state index contributed by atoms with van der Waals surface area (Å²) in [5, 5.41) is 0. The largest absolute Gasteiger partial charge is 0.457 e. The van der Waals surface area contributed by atoms with Gasteiger partial charge in [0.05, 0.1) is 18.0 Å². The lowest BCUT2D eigenvalue weighted by atomic mass is 10.2. The first-order valence-electron chi connectivity index (χ1n) is 8.41. The monoisotopic (exact) mass is 386 g/mol. The van der Waals surface area contributed by atoms with Gasteiger partial charge in [-0.2, -0.15) is 0 Å². The zero-order valence-electron chi connectivity index (χ0n) is 14.7. The van der Waals surface area contributed by atoms with E-state index in [1.807, 2.05) is 6.07 Å². The molecule has 0 bridgehead atoms. The molecule has 2 aromatic carbocycles. The van der Waals surface area contributed by atoms with Crippen LogP contribution in [-0.2, 0) is 16.6 Å². The smallest absolute Gasteiger partial charge is 0.235 e. The average molecular weight is 386 g/mol. The van der Waals surface area contributed by atoms with Gasteiger partial charge in [-0.25, -0.2) is 12.8 Å². The first-order valence-corrected chi connectivity index (χ1v) is 10.0. The maximum atomic E-state index is 13.3. The number of ether oxygens (including phenoxy) is 1. The Balaban J connectivity index is 1.92. The van der Waals surface area contributed by atoms with Crippen LogP contribution in [0, 0.1) is 5.82 Å². The summed E-state index contributed by atoms with van der Waals surface area (Å²) < 4.78 is 45.6. The number of hydrogen-bond donors (Lipinski definition) is 0. The first-order chi connectivity index (χ1) is 13.0. The summed E-state index contributed by atoms with van der Waals surface area (Å²) in [5.74, 6) is 0.308. The van der Waals surface area contributed by atoms with E-state index >= 15 is 0 Å². The summed E-state index contributed by atoms with van der Waals surface area (Å²) in [4.78, 5) is 4.04. The third-order valence-corrected chi connectivity index (χ3v) is 5.63. The summed E-state index contributed by atoms with van der Waals surface area (Å²) in [5.41, 5.74) is 1.24. The van der Waals surface area contributed by atoms with Crippen molar-refractivity contribution in [3.8, 4) is 11.5 Å². The van der Waals surface area contributed by atoms with Gasteiger partial charge in [0.2, 0.25) is 10.0 Å². The van der Waals surface area contributed by atoms with E-state index in [4.69, 9.17) is 4.74 Å². The van der Waals surface area contributed by atoms with Crippen LogP contribution in [-0.4, -0.2) is 19.2 Å². The zero-order valence-corrected chi connectivity index (χ0v) is 15.6. The van der Waals surface area contributed by atoms with E-state index < -0.39 is 15.8 Å². The van der Waals surface area contributed by atoms with Crippen molar-refractivity contribution < 1.29 is 17.5 Å². The van der Waals surface area contributed by atoms with Crippen molar-refractivity contribution in [2.24, 2.45) is 0 Å². The predicted molar refractivity (Wildman–Crippen MR) is 103 cm³/mol. The van der Waals surface area contributed by atoms with Gasteiger partial charge in [0, 0.05) is 24.5 Å². The molecular formula is C20H19FN2O3S. The Bertz CT molecular complexity index is 1010. The van der Waals surface area contributed by atoms with Crippen LogP contribution in [0.4, 0.5) is 10.1 Å². The number of rotatable bonds is 7. The zero-order chi connectivity index (χ0) is 19.3. The molecule has 0 unspecified atom stereocenters. The number of aromatic nitrogens is 1. The second kappa shape index (κ2) is 8.18. The molecule has 0 radical (unpaired) electrons. The molecule has 140 valence electrons. The van der Waals surface area contributed by atoms with E-state index in [9.17, 15) is 12.8 Å². The van der Waals surface area contributed by atoms with E-state index in [1.54, 1.807) is 61.8 Å². The third kappa shape index (κ3) is 4.83. The summed E-state index contributed by atoms with van der Waals surface area (Å²) in [6.45, 7) is 1.76. The molecule has 0 saturated heterocycles. The van der Waals surface area contributed by atoms with Gasteiger partial charge >= 0.3 is 0 Å². The van der Waals surface area contributed by atoms with E-state index in [0.717, 1.165) is 5.56 Å². The summed E-state index contributed by atoms with van der Waals surface area (Å²) in [6.07, 6.45) is 3.26. The normalized spacial score (nSPS) is 11.2. The fourth-order valence-electron chi connectivity index (χ4n) is 2.53. The van der Waals surface area contributed by atoms with Crippen molar-refractivity contribution in [3.63, 3.8) is 0 Å². The quantitative estimate of drug-likeness (QED) is 0.605. The Kier molecular flexibility index (Phi) is 5.71. The number of halogens is 1. The molecule has 27 heavy (non-hydrogen) atoms. The van der Waals surface area contributed by atoms with E-state index in [-0.39, 0.29) is 12.3 Å². The van der Waals surface area contributed by atoms with Crippen molar-refractivity contribution >= 4 is 15.7 Å². The molecule has 7 heteroatoms. The number of pyridine rings is 1.